The van der Waals surface area contributed by atoms with Crippen LogP contribution in [0.15, 0.2) is 24.3 Å². The van der Waals surface area contributed by atoms with Gasteiger partial charge in [-0.15, -0.1) is 0 Å². The van der Waals surface area contributed by atoms with E-state index in [1.807, 2.05) is 20.8 Å². The maximum Gasteiger partial charge on any atom is 0.404 e. The molecule has 2 unspecified atom stereocenters. The largest absolute Gasteiger partial charge is 0.465 e. The van der Waals surface area contributed by atoms with Gasteiger partial charge in [-0.2, -0.15) is 0 Å². The van der Waals surface area contributed by atoms with Crippen LogP contribution < -0.4 is 5.32 Å². The Hall–Kier alpha value is -1.62. The fraction of sp³-hybridized carbons (Fsp3) is 0.500. The first-order valence-electron chi connectivity index (χ1n) is 6.13. The van der Waals surface area contributed by atoms with E-state index in [9.17, 15) is 14.3 Å². The molecule has 0 heterocycles. The van der Waals surface area contributed by atoms with Crippen LogP contribution in [0, 0.1) is 11.2 Å². The van der Waals surface area contributed by atoms with Crippen LogP contribution in [-0.2, 0) is 0 Å². The Kier molecular flexibility index (Phi) is 4.89. The molecule has 0 fully saturated rings. The molecule has 0 aliphatic carbocycles. The summed E-state index contributed by atoms with van der Waals surface area (Å²) in [7, 11) is 0. The van der Waals surface area contributed by atoms with E-state index in [0.717, 1.165) is 0 Å². The Bertz CT molecular complexity index is 443. The molecule has 3 N–H and O–H groups in total. The van der Waals surface area contributed by atoms with Crippen LogP contribution in [0.25, 0.3) is 0 Å². The number of hydrogen-bond acceptors (Lipinski definition) is 2. The van der Waals surface area contributed by atoms with E-state index in [4.69, 9.17) is 5.11 Å². The molecule has 1 rings (SSSR count). The molecule has 1 aromatic rings. The fourth-order valence-corrected chi connectivity index (χ4v) is 1.87. The second-order valence-electron chi connectivity index (χ2n) is 5.64. The van der Waals surface area contributed by atoms with Gasteiger partial charge in [0.2, 0.25) is 0 Å². The summed E-state index contributed by atoms with van der Waals surface area (Å²) in [5.41, 5.74) is -0.186. The van der Waals surface area contributed by atoms with Gasteiger partial charge in [-0.25, -0.2) is 9.18 Å². The van der Waals surface area contributed by atoms with Gasteiger partial charge in [0.15, 0.2) is 0 Å². The summed E-state index contributed by atoms with van der Waals surface area (Å²) in [6.07, 6.45) is -2.07. The zero-order valence-electron chi connectivity index (χ0n) is 11.4. The van der Waals surface area contributed by atoms with Crippen molar-refractivity contribution in [2.24, 2.45) is 5.41 Å². The Balaban J connectivity index is 2.85. The van der Waals surface area contributed by atoms with Crippen LogP contribution in [0.5, 0.6) is 0 Å². The van der Waals surface area contributed by atoms with Crippen molar-refractivity contribution in [1.82, 2.24) is 5.32 Å². The molecule has 0 spiro atoms. The number of aliphatic hydroxyl groups excluding tert-OH is 1. The quantitative estimate of drug-likeness (QED) is 0.787. The van der Waals surface area contributed by atoms with E-state index in [0.29, 0.717) is 0 Å². The van der Waals surface area contributed by atoms with Crippen molar-refractivity contribution in [3.05, 3.63) is 35.6 Å². The summed E-state index contributed by atoms with van der Waals surface area (Å²) < 4.78 is 13.6. The lowest BCUT2D eigenvalue weighted by Gasteiger charge is -2.32. The molecule has 106 valence electrons. The van der Waals surface area contributed by atoms with Crippen molar-refractivity contribution in [3.63, 3.8) is 0 Å². The highest BCUT2D eigenvalue weighted by Crippen LogP contribution is 2.29. The summed E-state index contributed by atoms with van der Waals surface area (Å²) in [6.45, 7) is 5.59. The minimum atomic E-state index is -1.15. The van der Waals surface area contributed by atoms with Crippen LogP contribution in [0.4, 0.5) is 9.18 Å². The first kappa shape index (κ1) is 15.4. The molecule has 1 amide bonds. The van der Waals surface area contributed by atoms with Crippen LogP contribution in [0.2, 0.25) is 0 Å². The minimum absolute atomic E-state index is 0.122. The van der Waals surface area contributed by atoms with Crippen molar-refractivity contribution >= 4 is 6.09 Å². The Morgan fingerprint density at radius 3 is 2.42 bits per heavy atom. The molecule has 4 nitrogen and oxygen atoms in total. The molecule has 19 heavy (non-hydrogen) atoms. The first-order valence-corrected chi connectivity index (χ1v) is 6.13. The average Bonchev–Trinajstić information content (AvgIpc) is 2.26. The first-order chi connectivity index (χ1) is 8.71. The standard InChI is InChI=1S/C14H20FNO3/c1-14(2,3)12(16-13(18)19)8-11(17)9-6-4-5-7-10(9)15/h4-7,11-12,16-17H,8H2,1-3H3,(H,18,19). The predicted molar refractivity (Wildman–Crippen MR) is 70.4 cm³/mol. The molecule has 0 saturated carbocycles. The van der Waals surface area contributed by atoms with Crippen molar-refractivity contribution in [1.29, 1.82) is 0 Å². The zero-order valence-corrected chi connectivity index (χ0v) is 11.4. The van der Waals surface area contributed by atoms with Crippen molar-refractivity contribution < 1.29 is 19.4 Å². The van der Waals surface area contributed by atoms with Crippen LogP contribution in [-0.4, -0.2) is 22.3 Å². The van der Waals surface area contributed by atoms with Gasteiger partial charge in [-0.05, 0) is 17.9 Å². The van der Waals surface area contributed by atoms with Gasteiger partial charge in [-0.1, -0.05) is 39.0 Å². The third-order valence-electron chi connectivity index (χ3n) is 3.07. The van der Waals surface area contributed by atoms with E-state index in [1.54, 1.807) is 12.1 Å². The smallest absolute Gasteiger partial charge is 0.404 e. The molecule has 0 bridgehead atoms. The molecule has 0 radical (unpaired) electrons. The number of amides is 1. The SMILES string of the molecule is CC(C)(C)C(CC(O)c1ccccc1F)NC(=O)O. The fourth-order valence-electron chi connectivity index (χ4n) is 1.87. The lowest BCUT2D eigenvalue weighted by molar-refractivity contribution is 0.112. The number of carboxylic acid groups (broad SMARTS) is 1. The number of carbonyl (C=O) groups is 1. The highest BCUT2D eigenvalue weighted by atomic mass is 19.1. The van der Waals surface area contributed by atoms with Crippen molar-refractivity contribution in [2.45, 2.75) is 39.3 Å². The topological polar surface area (TPSA) is 69.6 Å². The summed E-state index contributed by atoms with van der Waals surface area (Å²) in [6, 6.07) is 5.48. The normalized spacial score (nSPS) is 14.8. The molecular weight excluding hydrogens is 249 g/mol. The molecule has 0 aliphatic heterocycles. The Morgan fingerprint density at radius 1 is 1.37 bits per heavy atom. The third kappa shape index (κ3) is 4.52. The second-order valence-corrected chi connectivity index (χ2v) is 5.64. The minimum Gasteiger partial charge on any atom is -0.465 e. The van der Waals surface area contributed by atoms with Gasteiger partial charge in [0, 0.05) is 11.6 Å². The average molecular weight is 269 g/mol. The Labute approximate surface area is 112 Å². The summed E-state index contributed by atoms with van der Waals surface area (Å²) in [5, 5.41) is 21.3. The maximum atomic E-state index is 13.6. The molecule has 0 aromatic heterocycles. The van der Waals surface area contributed by atoms with E-state index >= 15 is 0 Å². The maximum absolute atomic E-state index is 13.6. The van der Waals surface area contributed by atoms with Gasteiger partial charge in [0.1, 0.15) is 5.82 Å². The number of benzene rings is 1. The van der Waals surface area contributed by atoms with E-state index in [2.05, 4.69) is 5.32 Å². The van der Waals surface area contributed by atoms with Crippen LogP contribution >= 0.6 is 0 Å². The van der Waals surface area contributed by atoms with Crippen LogP contribution in [0.3, 0.4) is 0 Å². The number of hydrogen-bond donors (Lipinski definition) is 3. The van der Waals surface area contributed by atoms with Gasteiger partial charge < -0.3 is 15.5 Å². The number of aliphatic hydroxyl groups is 1. The van der Waals surface area contributed by atoms with Gasteiger partial charge >= 0.3 is 6.09 Å². The zero-order chi connectivity index (χ0) is 14.6. The van der Waals surface area contributed by atoms with Crippen molar-refractivity contribution in [3.8, 4) is 0 Å². The molecule has 2 atom stereocenters. The lowest BCUT2D eigenvalue weighted by Crippen LogP contribution is -2.44. The number of rotatable bonds is 4. The molecular formula is C14H20FNO3. The summed E-state index contributed by atoms with van der Waals surface area (Å²) in [4.78, 5) is 10.8. The van der Waals surface area contributed by atoms with Gasteiger partial charge in [-0.3, -0.25) is 0 Å². The van der Waals surface area contributed by atoms with E-state index < -0.39 is 24.1 Å². The Morgan fingerprint density at radius 2 is 1.95 bits per heavy atom. The highest BCUT2D eigenvalue weighted by molar-refractivity contribution is 5.65. The van der Waals surface area contributed by atoms with Crippen molar-refractivity contribution in [2.75, 3.05) is 0 Å². The number of halogens is 1. The third-order valence-corrected chi connectivity index (χ3v) is 3.07. The summed E-state index contributed by atoms with van der Waals surface area (Å²) in [5.74, 6) is -0.488. The summed E-state index contributed by atoms with van der Waals surface area (Å²) >= 11 is 0. The lowest BCUT2D eigenvalue weighted by atomic mass is 9.82. The van der Waals surface area contributed by atoms with E-state index in [1.165, 1.54) is 12.1 Å². The predicted octanol–water partition coefficient (Wildman–Crippen LogP) is 2.93. The second kappa shape index (κ2) is 6.02. The molecule has 1 aromatic carbocycles. The van der Waals surface area contributed by atoms with Crippen LogP contribution in [0.1, 0.15) is 38.9 Å². The van der Waals surface area contributed by atoms with E-state index in [-0.39, 0.29) is 17.4 Å². The van der Waals surface area contributed by atoms with Gasteiger partial charge in [0.05, 0.1) is 6.10 Å². The monoisotopic (exact) mass is 269 g/mol. The van der Waals surface area contributed by atoms with Gasteiger partial charge in [0.25, 0.3) is 0 Å². The number of nitrogens with one attached hydrogen (secondary N) is 1. The molecule has 5 heteroatoms. The molecule has 0 aliphatic rings. The molecule has 0 saturated heterocycles. The highest BCUT2D eigenvalue weighted by Gasteiger charge is 2.29.